The molecule has 2 N–H and O–H groups in total. The molecule has 0 radical (unpaired) electrons. The van der Waals surface area contributed by atoms with Crippen LogP contribution in [0.2, 0.25) is 0 Å². The Morgan fingerprint density at radius 2 is 2.12 bits per heavy atom. The van der Waals surface area contributed by atoms with Crippen molar-refractivity contribution in [3.63, 3.8) is 0 Å². The highest BCUT2D eigenvalue weighted by molar-refractivity contribution is 6.21. The average Bonchev–Trinajstić information content (AvgIpc) is 2.65. The van der Waals surface area contributed by atoms with E-state index in [9.17, 15) is 8.78 Å². The van der Waals surface area contributed by atoms with E-state index in [-0.39, 0.29) is 5.82 Å². The Hall–Kier alpha value is -1.69. The minimum absolute atomic E-state index is 0.0163. The number of hydrogen-bond acceptors (Lipinski definition) is 4. The summed E-state index contributed by atoms with van der Waals surface area (Å²) in [6.07, 6.45) is 0. The number of nitrogen functional groups attached to an aromatic ring is 1. The van der Waals surface area contributed by atoms with Gasteiger partial charge in [0.2, 0.25) is 5.82 Å². The van der Waals surface area contributed by atoms with Gasteiger partial charge in [-0.05, 0) is 23.7 Å². The van der Waals surface area contributed by atoms with Crippen LogP contribution in [0.4, 0.5) is 14.5 Å². The van der Waals surface area contributed by atoms with Crippen molar-refractivity contribution in [3.05, 3.63) is 30.2 Å². The number of rotatable bonds is 2. The Labute approximate surface area is 94.0 Å². The van der Waals surface area contributed by atoms with Crippen LogP contribution in [0.5, 0.6) is 0 Å². The fraction of sp³-hybridized carbons (Fsp3) is 0.111. The summed E-state index contributed by atoms with van der Waals surface area (Å²) in [4.78, 5) is 3.48. The molecule has 1 heterocycles. The lowest BCUT2D eigenvalue weighted by molar-refractivity contribution is 0.0551. The molecule has 0 aliphatic carbocycles. The molecular formula is C9H6ClF2N3O. The lowest BCUT2D eigenvalue weighted by atomic mass is 10.2. The van der Waals surface area contributed by atoms with Crippen LogP contribution in [0.1, 0.15) is 5.89 Å². The number of anilines is 1. The second-order valence-corrected chi connectivity index (χ2v) is 3.52. The number of nitrogens with two attached hydrogens (primary N) is 1. The standard InChI is InChI=1S/C9H6ClF2N3O/c10-9(11,12)8-14-7(15-16-8)5-2-1-3-6(13)4-5/h1-4H,13H2. The largest absolute Gasteiger partial charge is 0.400 e. The molecule has 0 spiro atoms. The molecular weight excluding hydrogens is 240 g/mol. The van der Waals surface area contributed by atoms with Crippen LogP contribution in [0.3, 0.4) is 0 Å². The van der Waals surface area contributed by atoms with Crippen LogP contribution in [0.25, 0.3) is 11.4 Å². The van der Waals surface area contributed by atoms with Gasteiger partial charge in [0.25, 0.3) is 0 Å². The van der Waals surface area contributed by atoms with Crippen molar-refractivity contribution in [2.24, 2.45) is 0 Å². The molecule has 2 aromatic rings. The highest BCUT2D eigenvalue weighted by Crippen LogP contribution is 2.32. The summed E-state index contributed by atoms with van der Waals surface area (Å²) < 4.78 is 29.6. The SMILES string of the molecule is Nc1cccc(-c2noc(C(F)(F)Cl)n2)c1. The number of alkyl halides is 3. The van der Waals surface area contributed by atoms with Crippen molar-refractivity contribution in [2.45, 2.75) is 5.38 Å². The maximum atomic E-state index is 12.6. The summed E-state index contributed by atoms with van der Waals surface area (Å²) in [6, 6.07) is 6.47. The van der Waals surface area contributed by atoms with Gasteiger partial charge in [-0.15, -0.1) is 0 Å². The molecule has 0 atom stereocenters. The minimum atomic E-state index is -3.66. The second kappa shape index (κ2) is 3.71. The third-order valence-electron chi connectivity index (χ3n) is 1.81. The maximum Gasteiger partial charge on any atom is 0.400 e. The van der Waals surface area contributed by atoms with Crippen molar-refractivity contribution < 1.29 is 13.3 Å². The summed E-state index contributed by atoms with van der Waals surface area (Å²) in [5.41, 5.74) is 6.48. The number of nitrogens with zero attached hydrogens (tertiary/aromatic N) is 2. The molecule has 0 saturated carbocycles. The molecule has 0 saturated heterocycles. The van der Waals surface area contributed by atoms with E-state index in [1.165, 1.54) is 0 Å². The Balaban J connectivity index is 2.39. The number of hydrogen-bond donors (Lipinski definition) is 1. The summed E-state index contributed by atoms with van der Waals surface area (Å²) in [6.45, 7) is 0. The van der Waals surface area contributed by atoms with E-state index in [0.29, 0.717) is 11.3 Å². The first-order valence-corrected chi connectivity index (χ1v) is 4.61. The van der Waals surface area contributed by atoms with Crippen LogP contribution >= 0.6 is 11.6 Å². The topological polar surface area (TPSA) is 64.9 Å². The zero-order valence-electron chi connectivity index (χ0n) is 7.82. The first-order chi connectivity index (χ1) is 7.47. The van der Waals surface area contributed by atoms with Crippen molar-refractivity contribution in [1.82, 2.24) is 10.1 Å². The predicted octanol–water partition coefficient (Wildman–Crippen LogP) is 2.61. The zero-order valence-corrected chi connectivity index (χ0v) is 8.58. The van der Waals surface area contributed by atoms with Gasteiger partial charge in [-0.25, -0.2) is 0 Å². The van der Waals surface area contributed by atoms with Gasteiger partial charge < -0.3 is 10.3 Å². The smallest absolute Gasteiger partial charge is 0.399 e. The van der Waals surface area contributed by atoms with Crippen LogP contribution in [0.15, 0.2) is 28.8 Å². The quantitative estimate of drug-likeness (QED) is 0.652. The molecule has 4 nitrogen and oxygen atoms in total. The predicted molar refractivity (Wildman–Crippen MR) is 53.9 cm³/mol. The molecule has 0 fully saturated rings. The molecule has 0 aliphatic heterocycles. The summed E-state index contributed by atoms with van der Waals surface area (Å²) >= 11 is 4.74. The number of halogens is 3. The third kappa shape index (κ3) is 2.11. The average molecular weight is 246 g/mol. The first kappa shape index (κ1) is 10.8. The van der Waals surface area contributed by atoms with Gasteiger partial charge in [-0.3, -0.25) is 0 Å². The van der Waals surface area contributed by atoms with E-state index in [0.717, 1.165) is 0 Å². The van der Waals surface area contributed by atoms with Gasteiger partial charge >= 0.3 is 11.3 Å². The van der Waals surface area contributed by atoms with Crippen molar-refractivity contribution in [1.29, 1.82) is 0 Å². The molecule has 1 aromatic heterocycles. The van der Waals surface area contributed by atoms with Crippen molar-refractivity contribution >= 4 is 17.3 Å². The molecule has 16 heavy (non-hydrogen) atoms. The maximum absolute atomic E-state index is 12.6. The Bertz CT molecular complexity index is 509. The molecule has 2 rings (SSSR count). The van der Waals surface area contributed by atoms with E-state index in [4.69, 9.17) is 17.3 Å². The van der Waals surface area contributed by atoms with E-state index < -0.39 is 11.3 Å². The Kier molecular flexibility index (Phi) is 2.51. The van der Waals surface area contributed by atoms with Crippen LogP contribution in [-0.4, -0.2) is 10.1 Å². The van der Waals surface area contributed by atoms with Gasteiger partial charge in [0.05, 0.1) is 0 Å². The van der Waals surface area contributed by atoms with Gasteiger partial charge in [-0.2, -0.15) is 13.8 Å². The highest BCUT2D eigenvalue weighted by Gasteiger charge is 2.35. The summed E-state index contributed by atoms with van der Waals surface area (Å²) in [5, 5.41) is -0.273. The third-order valence-corrected chi connectivity index (χ3v) is 1.98. The lowest BCUT2D eigenvalue weighted by Crippen LogP contribution is -2.03. The minimum Gasteiger partial charge on any atom is -0.399 e. The van der Waals surface area contributed by atoms with Crippen LogP contribution < -0.4 is 5.73 Å². The Morgan fingerprint density at radius 3 is 2.69 bits per heavy atom. The van der Waals surface area contributed by atoms with Crippen LogP contribution in [0, 0.1) is 0 Å². The van der Waals surface area contributed by atoms with Gasteiger partial charge in [0.1, 0.15) is 0 Å². The van der Waals surface area contributed by atoms with E-state index in [1.54, 1.807) is 24.3 Å². The normalized spacial score (nSPS) is 11.7. The van der Waals surface area contributed by atoms with E-state index >= 15 is 0 Å². The molecule has 0 bridgehead atoms. The molecule has 84 valence electrons. The van der Waals surface area contributed by atoms with Gasteiger partial charge in [-0.1, -0.05) is 17.3 Å². The molecule has 0 aliphatic rings. The fourth-order valence-corrected chi connectivity index (χ4v) is 1.21. The molecule has 1 aromatic carbocycles. The molecule has 7 heteroatoms. The summed E-state index contributed by atoms with van der Waals surface area (Å²) in [7, 11) is 0. The number of aromatic nitrogens is 2. The second-order valence-electron chi connectivity index (χ2n) is 3.05. The van der Waals surface area contributed by atoms with Crippen LogP contribution in [-0.2, 0) is 5.38 Å². The van der Waals surface area contributed by atoms with E-state index in [1.807, 2.05) is 0 Å². The van der Waals surface area contributed by atoms with Crippen molar-refractivity contribution in [2.75, 3.05) is 5.73 Å². The number of benzene rings is 1. The van der Waals surface area contributed by atoms with Gasteiger partial charge in [0, 0.05) is 11.3 Å². The summed E-state index contributed by atoms with van der Waals surface area (Å²) in [5.74, 6) is -0.922. The molecule has 0 amide bonds. The first-order valence-electron chi connectivity index (χ1n) is 4.23. The monoisotopic (exact) mass is 245 g/mol. The van der Waals surface area contributed by atoms with Gasteiger partial charge in [0.15, 0.2) is 0 Å². The lowest BCUT2D eigenvalue weighted by Gasteiger charge is -1.98. The van der Waals surface area contributed by atoms with E-state index in [2.05, 4.69) is 14.7 Å². The zero-order chi connectivity index (χ0) is 11.8. The molecule has 0 unspecified atom stereocenters. The highest BCUT2D eigenvalue weighted by atomic mass is 35.5. The van der Waals surface area contributed by atoms with Crippen molar-refractivity contribution in [3.8, 4) is 11.4 Å². The Morgan fingerprint density at radius 1 is 1.38 bits per heavy atom. The fourth-order valence-electron chi connectivity index (χ4n) is 1.13.